The van der Waals surface area contributed by atoms with Gasteiger partial charge >= 0.3 is 6.03 Å². The van der Waals surface area contributed by atoms with Crippen LogP contribution >= 0.6 is 0 Å². The van der Waals surface area contributed by atoms with Crippen molar-refractivity contribution in [1.82, 2.24) is 14.7 Å². The number of amides is 2. The summed E-state index contributed by atoms with van der Waals surface area (Å²) in [5, 5.41) is 0. The van der Waals surface area contributed by atoms with E-state index in [-0.39, 0.29) is 6.03 Å². The molecule has 0 aliphatic carbocycles. The molecule has 4 nitrogen and oxygen atoms in total. The molecular formula is C21H25N3O. The predicted octanol–water partition coefficient (Wildman–Crippen LogP) is 3.92. The maximum Gasteiger partial charge on any atom is 0.322 e. The molecule has 1 aliphatic heterocycles. The van der Waals surface area contributed by atoms with Gasteiger partial charge in [-0.3, -0.25) is 4.90 Å². The predicted molar refractivity (Wildman–Crippen MR) is 101 cm³/mol. The Balaban J connectivity index is 1.74. The molecule has 0 radical (unpaired) electrons. The quantitative estimate of drug-likeness (QED) is 0.717. The highest BCUT2D eigenvalue weighted by molar-refractivity contribution is 5.75. The van der Waals surface area contributed by atoms with Crippen molar-refractivity contribution < 1.29 is 4.79 Å². The molecule has 0 atom stereocenters. The van der Waals surface area contributed by atoms with Crippen LogP contribution in [0.15, 0.2) is 73.3 Å². The largest absolute Gasteiger partial charge is 0.322 e. The molecule has 1 aliphatic rings. The molecule has 0 spiro atoms. The van der Waals surface area contributed by atoms with Crippen LogP contribution in [0.2, 0.25) is 0 Å². The van der Waals surface area contributed by atoms with E-state index in [1.165, 1.54) is 0 Å². The van der Waals surface area contributed by atoms with Gasteiger partial charge in [0.25, 0.3) is 0 Å². The van der Waals surface area contributed by atoms with Crippen LogP contribution in [0, 0.1) is 0 Å². The van der Waals surface area contributed by atoms with Crippen molar-refractivity contribution in [3.05, 3.63) is 84.4 Å². The molecule has 0 aromatic heterocycles. The fourth-order valence-corrected chi connectivity index (χ4v) is 3.11. The Kier molecular flexibility index (Phi) is 5.86. The Bertz CT molecular complexity index is 633. The van der Waals surface area contributed by atoms with Gasteiger partial charge in [-0.1, -0.05) is 66.7 Å². The summed E-state index contributed by atoms with van der Waals surface area (Å²) < 4.78 is 0. The number of rotatable bonds is 7. The third-order valence-electron chi connectivity index (χ3n) is 4.36. The van der Waals surface area contributed by atoms with Crippen molar-refractivity contribution in [3.8, 4) is 0 Å². The minimum absolute atomic E-state index is 0.0996. The Hall–Kier alpha value is -2.59. The van der Waals surface area contributed by atoms with E-state index in [1.54, 1.807) is 0 Å². The van der Waals surface area contributed by atoms with Crippen LogP contribution in [-0.4, -0.2) is 40.6 Å². The normalized spacial score (nSPS) is 15.4. The summed E-state index contributed by atoms with van der Waals surface area (Å²) in [5.74, 6) is 0. The van der Waals surface area contributed by atoms with Crippen LogP contribution in [-0.2, 0) is 13.1 Å². The maximum atomic E-state index is 13.0. The molecule has 0 bridgehead atoms. The van der Waals surface area contributed by atoms with Gasteiger partial charge in [0.15, 0.2) is 0 Å². The van der Waals surface area contributed by atoms with Crippen LogP contribution in [0.5, 0.6) is 0 Å². The molecule has 2 amide bonds. The topological polar surface area (TPSA) is 26.8 Å². The Morgan fingerprint density at radius 1 is 0.840 bits per heavy atom. The Labute approximate surface area is 150 Å². The fraction of sp³-hybridized carbons (Fsp3) is 0.286. The number of benzene rings is 2. The highest BCUT2D eigenvalue weighted by Gasteiger charge is 2.29. The summed E-state index contributed by atoms with van der Waals surface area (Å²) in [6, 6.07) is 20.4. The lowest BCUT2D eigenvalue weighted by molar-refractivity contribution is 0.0277. The van der Waals surface area contributed by atoms with Crippen molar-refractivity contribution >= 4 is 6.03 Å². The monoisotopic (exact) mass is 335 g/mol. The average Bonchev–Trinajstić information content (AvgIpc) is 2.65. The summed E-state index contributed by atoms with van der Waals surface area (Å²) >= 11 is 0. The highest BCUT2D eigenvalue weighted by Crippen LogP contribution is 2.17. The maximum absolute atomic E-state index is 13.0. The van der Waals surface area contributed by atoms with Gasteiger partial charge in [0.05, 0.1) is 13.3 Å². The van der Waals surface area contributed by atoms with E-state index in [0.717, 1.165) is 24.1 Å². The minimum atomic E-state index is 0.0996. The van der Waals surface area contributed by atoms with Crippen molar-refractivity contribution in [3.63, 3.8) is 0 Å². The zero-order valence-electron chi connectivity index (χ0n) is 14.6. The number of urea groups is 1. The molecule has 2 aromatic rings. The number of hydrogen-bond acceptors (Lipinski definition) is 2. The van der Waals surface area contributed by atoms with Gasteiger partial charge in [0.2, 0.25) is 0 Å². The van der Waals surface area contributed by atoms with Crippen LogP contribution in [0.1, 0.15) is 17.5 Å². The molecule has 4 heteroatoms. The van der Waals surface area contributed by atoms with Gasteiger partial charge in [-0.15, -0.1) is 6.58 Å². The SMILES string of the molecule is C=CCCN1CN(Cc2ccccc2)C(=O)N(Cc2ccccc2)C1. The van der Waals surface area contributed by atoms with Crippen LogP contribution in [0.3, 0.4) is 0 Å². The van der Waals surface area contributed by atoms with Crippen molar-refractivity contribution in [2.45, 2.75) is 19.5 Å². The average molecular weight is 335 g/mol. The first-order valence-electron chi connectivity index (χ1n) is 8.71. The number of carbonyl (C=O) groups is 1. The summed E-state index contributed by atoms with van der Waals surface area (Å²) in [6.07, 6.45) is 2.85. The van der Waals surface area contributed by atoms with Crippen molar-refractivity contribution in [2.75, 3.05) is 19.9 Å². The van der Waals surface area contributed by atoms with Crippen LogP contribution in [0.25, 0.3) is 0 Å². The zero-order valence-corrected chi connectivity index (χ0v) is 14.6. The van der Waals surface area contributed by atoms with Gasteiger partial charge < -0.3 is 9.80 Å². The van der Waals surface area contributed by atoms with E-state index in [0.29, 0.717) is 26.4 Å². The molecular weight excluding hydrogens is 310 g/mol. The standard InChI is InChI=1S/C21H25N3O/c1-2-3-14-22-17-23(15-19-10-6-4-7-11-19)21(25)24(18-22)16-20-12-8-5-9-13-20/h2,4-13H,1,3,14-18H2. The molecule has 0 N–H and O–H groups in total. The van der Waals surface area contributed by atoms with E-state index in [2.05, 4.69) is 35.7 Å². The van der Waals surface area contributed by atoms with Gasteiger partial charge in [-0.05, 0) is 17.5 Å². The molecule has 1 fully saturated rings. The third-order valence-corrected chi connectivity index (χ3v) is 4.36. The molecule has 3 rings (SSSR count). The van der Waals surface area contributed by atoms with Gasteiger partial charge in [0, 0.05) is 19.6 Å². The lowest BCUT2D eigenvalue weighted by Crippen LogP contribution is -2.57. The van der Waals surface area contributed by atoms with Gasteiger partial charge in [0.1, 0.15) is 0 Å². The van der Waals surface area contributed by atoms with E-state index in [4.69, 9.17) is 0 Å². The molecule has 0 saturated carbocycles. The van der Waals surface area contributed by atoms with Gasteiger partial charge in [-0.25, -0.2) is 4.79 Å². The lowest BCUT2D eigenvalue weighted by Gasteiger charge is -2.42. The van der Waals surface area contributed by atoms with E-state index in [9.17, 15) is 4.79 Å². The minimum Gasteiger partial charge on any atom is -0.307 e. The lowest BCUT2D eigenvalue weighted by atomic mass is 10.2. The second kappa shape index (κ2) is 8.49. The fourth-order valence-electron chi connectivity index (χ4n) is 3.11. The Morgan fingerprint density at radius 3 is 1.76 bits per heavy atom. The number of carbonyl (C=O) groups excluding carboxylic acids is 1. The molecule has 1 saturated heterocycles. The number of nitrogens with zero attached hydrogens (tertiary/aromatic N) is 3. The summed E-state index contributed by atoms with van der Waals surface area (Å²) in [4.78, 5) is 19.1. The first kappa shape index (κ1) is 17.2. The van der Waals surface area contributed by atoms with Crippen molar-refractivity contribution in [2.24, 2.45) is 0 Å². The van der Waals surface area contributed by atoms with Gasteiger partial charge in [-0.2, -0.15) is 0 Å². The van der Waals surface area contributed by atoms with Crippen molar-refractivity contribution in [1.29, 1.82) is 0 Å². The smallest absolute Gasteiger partial charge is 0.307 e. The summed E-state index contributed by atoms with van der Waals surface area (Å²) in [7, 11) is 0. The molecule has 130 valence electrons. The van der Waals surface area contributed by atoms with E-state index in [1.807, 2.05) is 52.3 Å². The first-order valence-corrected chi connectivity index (χ1v) is 8.71. The number of hydrogen-bond donors (Lipinski definition) is 0. The van der Waals surface area contributed by atoms with E-state index < -0.39 is 0 Å². The first-order chi connectivity index (χ1) is 12.3. The van der Waals surface area contributed by atoms with Crippen LogP contribution in [0.4, 0.5) is 4.79 Å². The molecule has 1 heterocycles. The highest BCUT2D eigenvalue weighted by atomic mass is 16.2. The van der Waals surface area contributed by atoms with Crippen LogP contribution < -0.4 is 0 Å². The second-order valence-electron chi connectivity index (χ2n) is 6.40. The third kappa shape index (κ3) is 4.70. The molecule has 0 unspecified atom stereocenters. The Morgan fingerprint density at radius 2 is 1.32 bits per heavy atom. The molecule has 2 aromatic carbocycles. The summed E-state index contributed by atoms with van der Waals surface area (Å²) in [6.45, 7) is 7.31. The molecule has 25 heavy (non-hydrogen) atoms. The summed E-state index contributed by atoms with van der Waals surface area (Å²) in [5.41, 5.74) is 2.31. The zero-order chi connectivity index (χ0) is 17.5. The van der Waals surface area contributed by atoms with E-state index >= 15 is 0 Å². The second-order valence-corrected chi connectivity index (χ2v) is 6.40.